The highest BCUT2D eigenvalue weighted by Gasteiger charge is 2.35. The van der Waals surface area contributed by atoms with Crippen LogP contribution in [0.2, 0.25) is 0 Å². The average Bonchev–Trinajstić information content (AvgIpc) is 2.95. The maximum Gasteiger partial charge on any atom is 0.251 e. The second kappa shape index (κ2) is 11.2. The average molecular weight is 507 g/mol. The number of nitrogens with zero attached hydrogens (tertiary/aromatic N) is 2. The van der Waals surface area contributed by atoms with Gasteiger partial charge in [0.05, 0.1) is 12.1 Å². The number of pyridine rings is 1. The third kappa shape index (κ3) is 5.79. The fourth-order valence-corrected chi connectivity index (χ4v) is 5.34. The molecular weight excluding hydrogens is 472 g/mol. The standard InChI is InChI=1S/C33H34N2O3/c1-25(26-11-5-2-6-12-26)21-31(36)34-19-17-33(38,18-20-34)24-35-23-30(28-15-9-4-10-16-28)29(22-32(35)37)27-13-7-3-8-14-27/h2-16,22-23,25,38H,17-21,24H2,1H3. The van der Waals surface area contributed by atoms with Crippen molar-refractivity contribution in [2.45, 2.75) is 44.2 Å². The monoisotopic (exact) mass is 506 g/mol. The van der Waals surface area contributed by atoms with Gasteiger partial charge in [-0.3, -0.25) is 9.59 Å². The lowest BCUT2D eigenvalue weighted by Crippen LogP contribution is -2.49. The normalized spacial score (nSPS) is 15.7. The fraction of sp³-hybridized carbons (Fsp3) is 0.273. The van der Waals surface area contributed by atoms with E-state index in [0.29, 0.717) is 32.4 Å². The van der Waals surface area contributed by atoms with Crippen molar-refractivity contribution in [3.63, 3.8) is 0 Å². The molecule has 194 valence electrons. The summed E-state index contributed by atoms with van der Waals surface area (Å²) in [5, 5.41) is 11.5. The summed E-state index contributed by atoms with van der Waals surface area (Å²) in [5.74, 6) is 0.252. The zero-order valence-corrected chi connectivity index (χ0v) is 21.8. The third-order valence-corrected chi connectivity index (χ3v) is 7.66. The SMILES string of the molecule is CC(CC(=O)N1CCC(O)(Cn2cc(-c3ccccc3)c(-c3ccccc3)cc2=O)CC1)c1ccccc1. The van der Waals surface area contributed by atoms with Gasteiger partial charge in [-0.1, -0.05) is 97.9 Å². The van der Waals surface area contributed by atoms with E-state index in [0.717, 1.165) is 27.8 Å². The molecule has 1 fully saturated rings. The number of carbonyl (C=O) groups is 1. The first-order valence-electron chi connectivity index (χ1n) is 13.3. The lowest BCUT2D eigenvalue weighted by Gasteiger charge is -2.39. The van der Waals surface area contributed by atoms with Crippen molar-refractivity contribution < 1.29 is 9.90 Å². The molecule has 2 heterocycles. The molecule has 1 saturated heterocycles. The fourth-order valence-electron chi connectivity index (χ4n) is 5.34. The summed E-state index contributed by atoms with van der Waals surface area (Å²) in [5.41, 5.74) is 3.77. The molecule has 5 heteroatoms. The van der Waals surface area contributed by atoms with Crippen LogP contribution in [0.15, 0.2) is 108 Å². The second-order valence-corrected chi connectivity index (χ2v) is 10.4. The van der Waals surface area contributed by atoms with Crippen LogP contribution in [0, 0.1) is 0 Å². The molecule has 1 N–H and O–H groups in total. The minimum absolute atomic E-state index is 0.110. The molecule has 1 amide bonds. The van der Waals surface area contributed by atoms with E-state index in [1.165, 1.54) is 0 Å². The van der Waals surface area contributed by atoms with E-state index in [1.807, 2.05) is 90.0 Å². The first-order valence-corrected chi connectivity index (χ1v) is 13.3. The van der Waals surface area contributed by atoms with Crippen molar-refractivity contribution in [1.29, 1.82) is 0 Å². The lowest BCUT2D eigenvalue weighted by atomic mass is 9.90. The summed E-state index contributed by atoms with van der Waals surface area (Å²) < 4.78 is 1.63. The van der Waals surface area contributed by atoms with Crippen molar-refractivity contribution in [3.8, 4) is 22.3 Å². The molecule has 5 rings (SSSR count). The van der Waals surface area contributed by atoms with Gasteiger partial charge in [0, 0.05) is 37.3 Å². The Bertz CT molecular complexity index is 1420. The highest BCUT2D eigenvalue weighted by Crippen LogP contribution is 2.32. The predicted molar refractivity (Wildman–Crippen MR) is 152 cm³/mol. The van der Waals surface area contributed by atoms with E-state index in [2.05, 4.69) is 19.1 Å². The Hall–Kier alpha value is -3.96. The number of likely N-dealkylation sites (tertiary alicyclic amines) is 1. The Balaban J connectivity index is 1.32. The molecule has 4 aromatic rings. The van der Waals surface area contributed by atoms with Crippen molar-refractivity contribution in [3.05, 3.63) is 119 Å². The topological polar surface area (TPSA) is 62.5 Å². The molecule has 1 aliphatic rings. The van der Waals surface area contributed by atoms with Gasteiger partial charge in [-0.2, -0.15) is 0 Å². The highest BCUT2D eigenvalue weighted by atomic mass is 16.3. The van der Waals surface area contributed by atoms with Gasteiger partial charge in [0.25, 0.3) is 5.56 Å². The Morgan fingerprint density at radius 2 is 1.37 bits per heavy atom. The van der Waals surface area contributed by atoms with Gasteiger partial charge in [0.15, 0.2) is 0 Å². The third-order valence-electron chi connectivity index (χ3n) is 7.66. The molecule has 1 aromatic heterocycles. The molecule has 3 aromatic carbocycles. The zero-order valence-electron chi connectivity index (χ0n) is 21.8. The van der Waals surface area contributed by atoms with E-state index >= 15 is 0 Å². The van der Waals surface area contributed by atoms with E-state index in [9.17, 15) is 14.7 Å². The molecule has 1 unspecified atom stereocenters. The van der Waals surface area contributed by atoms with Gasteiger partial charge in [-0.15, -0.1) is 0 Å². The summed E-state index contributed by atoms with van der Waals surface area (Å²) >= 11 is 0. The number of benzene rings is 3. The molecule has 0 radical (unpaired) electrons. The van der Waals surface area contributed by atoms with E-state index in [-0.39, 0.29) is 23.9 Å². The van der Waals surface area contributed by atoms with E-state index in [4.69, 9.17) is 0 Å². The van der Waals surface area contributed by atoms with Crippen LogP contribution < -0.4 is 5.56 Å². The van der Waals surface area contributed by atoms with Gasteiger partial charge in [0.2, 0.25) is 5.91 Å². The van der Waals surface area contributed by atoms with E-state index in [1.54, 1.807) is 10.6 Å². The first-order chi connectivity index (χ1) is 18.4. The van der Waals surface area contributed by atoms with Gasteiger partial charge in [0.1, 0.15) is 0 Å². The molecule has 0 spiro atoms. The van der Waals surface area contributed by atoms with Gasteiger partial charge in [-0.05, 0) is 41.0 Å². The van der Waals surface area contributed by atoms with Crippen LogP contribution in [0.3, 0.4) is 0 Å². The molecule has 1 atom stereocenters. The molecule has 1 aliphatic heterocycles. The summed E-state index contributed by atoms with van der Waals surface area (Å²) in [6, 6.07) is 31.7. The van der Waals surface area contributed by atoms with Crippen LogP contribution in [-0.2, 0) is 11.3 Å². The smallest absolute Gasteiger partial charge is 0.251 e. The maximum absolute atomic E-state index is 13.2. The van der Waals surface area contributed by atoms with Crippen LogP contribution in [-0.4, -0.2) is 39.2 Å². The number of carbonyl (C=O) groups excluding carboxylic acids is 1. The second-order valence-electron chi connectivity index (χ2n) is 10.4. The Labute approximate surface area is 224 Å². The van der Waals surface area contributed by atoms with Gasteiger partial charge >= 0.3 is 0 Å². The molecule has 0 bridgehead atoms. The van der Waals surface area contributed by atoms with Crippen LogP contribution in [0.1, 0.15) is 37.7 Å². The van der Waals surface area contributed by atoms with Crippen LogP contribution in [0.25, 0.3) is 22.3 Å². The number of hydrogen-bond donors (Lipinski definition) is 1. The predicted octanol–water partition coefficient (Wildman–Crippen LogP) is 5.73. The molecule has 0 aliphatic carbocycles. The number of amides is 1. The number of piperidine rings is 1. The Kier molecular flexibility index (Phi) is 7.57. The van der Waals surface area contributed by atoms with Crippen molar-refractivity contribution >= 4 is 5.91 Å². The van der Waals surface area contributed by atoms with Crippen molar-refractivity contribution in [2.24, 2.45) is 0 Å². The van der Waals surface area contributed by atoms with Crippen molar-refractivity contribution in [2.75, 3.05) is 13.1 Å². The summed E-state index contributed by atoms with van der Waals surface area (Å²) in [7, 11) is 0. The van der Waals surface area contributed by atoms with E-state index < -0.39 is 5.60 Å². The van der Waals surface area contributed by atoms with Crippen LogP contribution in [0.5, 0.6) is 0 Å². The Morgan fingerprint density at radius 3 is 1.95 bits per heavy atom. The number of hydrogen-bond acceptors (Lipinski definition) is 3. The van der Waals surface area contributed by atoms with Crippen LogP contribution in [0.4, 0.5) is 0 Å². The molecule has 38 heavy (non-hydrogen) atoms. The largest absolute Gasteiger partial charge is 0.388 e. The summed E-state index contributed by atoms with van der Waals surface area (Å²) in [6.07, 6.45) is 3.19. The Morgan fingerprint density at radius 1 is 0.842 bits per heavy atom. The molecule has 5 nitrogen and oxygen atoms in total. The van der Waals surface area contributed by atoms with Crippen molar-refractivity contribution in [1.82, 2.24) is 9.47 Å². The molecule has 0 saturated carbocycles. The van der Waals surface area contributed by atoms with Crippen LogP contribution >= 0.6 is 0 Å². The summed E-state index contributed by atoms with van der Waals surface area (Å²) in [4.78, 5) is 28.0. The molecular formula is C33H34N2O3. The van der Waals surface area contributed by atoms with Gasteiger partial charge in [-0.25, -0.2) is 0 Å². The number of rotatable bonds is 7. The first kappa shape index (κ1) is 25.7. The maximum atomic E-state index is 13.2. The summed E-state index contributed by atoms with van der Waals surface area (Å²) in [6.45, 7) is 3.24. The number of aromatic nitrogens is 1. The quantitative estimate of drug-likeness (QED) is 0.348. The minimum Gasteiger partial charge on any atom is -0.388 e. The number of aliphatic hydroxyl groups is 1. The highest BCUT2D eigenvalue weighted by molar-refractivity contribution is 5.82. The van der Waals surface area contributed by atoms with Gasteiger partial charge < -0.3 is 14.6 Å². The minimum atomic E-state index is -1.05. The zero-order chi connectivity index (χ0) is 26.5. The lowest BCUT2D eigenvalue weighted by molar-refractivity contribution is -0.136.